The summed E-state index contributed by atoms with van der Waals surface area (Å²) in [6, 6.07) is 5.00. The topological polar surface area (TPSA) is 175 Å². The molecule has 31 heavy (non-hydrogen) atoms. The van der Waals surface area contributed by atoms with E-state index in [1.54, 1.807) is 18.2 Å². The van der Waals surface area contributed by atoms with Gasteiger partial charge < -0.3 is 40.3 Å². The predicted octanol–water partition coefficient (Wildman–Crippen LogP) is -0.875. The molecule has 3 heterocycles. The fourth-order valence-corrected chi connectivity index (χ4v) is 3.51. The molecular weight excluding hydrogens is 410 g/mol. The Morgan fingerprint density at radius 2 is 1.94 bits per heavy atom. The first-order chi connectivity index (χ1) is 14.9. The van der Waals surface area contributed by atoms with Crippen LogP contribution in [0.1, 0.15) is 11.8 Å². The number of fused-ring (bicyclic) bond motifs is 1. The number of aromatic hydroxyl groups is 1. The summed E-state index contributed by atoms with van der Waals surface area (Å²) < 4.78 is 12.0. The highest BCUT2D eigenvalue weighted by Gasteiger charge is 2.44. The number of phenols is 1. The van der Waals surface area contributed by atoms with Gasteiger partial charge in [-0.3, -0.25) is 4.57 Å². The molecule has 3 aromatic rings. The smallest absolute Gasteiger partial charge is 0.167 e. The van der Waals surface area contributed by atoms with Crippen LogP contribution in [0.25, 0.3) is 11.2 Å². The zero-order chi connectivity index (χ0) is 22.1. The Kier molecular flexibility index (Phi) is 5.89. The molecule has 1 saturated heterocycles. The van der Waals surface area contributed by atoms with Gasteiger partial charge in [0.1, 0.15) is 30.7 Å². The number of nitrogens with one attached hydrogen (secondary N) is 1. The molecule has 5 atom stereocenters. The Balaban J connectivity index is 1.59. The molecule has 4 rings (SSSR count). The first-order valence-electron chi connectivity index (χ1n) is 9.52. The van der Waals surface area contributed by atoms with Crippen molar-refractivity contribution in [3.05, 3.63) is 36.4 Å². The first kappa shape index (κ1) is 21.2. The van der Waals surface area contributed by atoms with Gasteiger partial charge in [-0.05, 0) is 17.7 Å². The lowest BCUT2D eigenvalue weighted by Crippen LogP contribution is -2.56. The van der Waals surface area contributed by atoms with E-state index in [2.05, 4.69) is 20.3 Å². The molecule has 1 aliphatic heterocycles. The Bertz CT molecular complexity index is 1060. The van der Waals surface area contributed by atoms with Gasteiger partial charge in [-0.25, -0.2) is 15.0 Å². The lowest BCUT2D eigenvalue weighted by Gasteiger charge is -2.40. The Morgan fingerprint density at radius 1 is 1.13 bits per heavy atom. The van der Waals surface area contributed by atoms with Gasteiger partial charge >= 0.3 is 0 Å². The van der Waals surface area contributed by atoms with Gasteiger partial charge in [0.15, 0.2) is 34.7 Å². The van der Waals surface area contributed by atoms with Gasteiger partial charge in [0, 0.05) is 6.54 Å². The fourth-order valence-electron chi connectivity index (χ4n) is 3.51. The van der Waals surface area contributed by atoms with Crippen molar-refractivity contribution in [1.82, 2.24) is 19.5 Å². The number of hydrogen-bond acceptors (Lipinski definition) is 11. The number of hydrogen-bond donors (Lipinski definition) is 6. The quantitative estimate of drug-likeness (QED) is 0.285. The summed E-state index contributed by atoms with van der Waals surface area (Å²) in [6.45, 7) is -0.207. The van der Waals surface area contributed by atoms with Crippen LogP contribution in [-0.4, -0.2) is 83.2 Å². The maximum atomic E-state index is 10.4. The average Bonchev–Trinajstić information content (AvgIpc) is 3.21. The van der Waals surface area contributed by atoms with E-state index in [9.17, 15) is 25.5 Å². The van der Waals surface area contributed by atoms with Crippen LogP contribution in [0, 0.1) is 0 Å². The zero-order valence-corrected chi connectivity index (χ0v) is 16.5. The minimum Gasteiger partial charge on any atom is -0.504 e. The number of aliphatic hydroxyl groups excluding tert-OH is 4. The zero-order valence-electron chi connectivity index (χ0n) is 16.5. The van der Waals surface area contributed by atoms with Crippen molar-refractivity contribution in [1.29, 1.82) is 0 Å². The molecule has 166 valence electrons. The minimum absolute atomic E-state index is 0.0153. The van der Waals surface area contributed by atoms with Gasteiger partial charge in [0.25, 0.3) is 0 Å². The molecule has 0 spiro atoms. The van der Waals surface area contributed by atoms with Gasteiger partial charge in [-0.2, -0.15) is 0 Å². The minimum atomic E-state index is -1.52. The third-order valence-electron chi connectivity index (χ3n) is 5.20. The predicted molar refractivity (Wildman–Crippen MR) is 106 cm³/mol. The normalized spacial score (nSPS) is 26.2. The molecule has 1 unspecified atom stereocenters. The number of imidazole rings is 1. The van der Waals surface area contributed by atoms with E-state index in [0.717, 1.165) is 5.56 Å². The SMILES string of the molecule is COc1ccc(CNc2ncnc3c2ncn3C2O[C@H](CO)[C@@H](O)[C@H](O)[C@H]2O)cc1O. The molecular formula is C19H23N5O7. The molecule has 0 aliphatic carbocycles. The van der Waals surface area contributed by atoms with E-state index in [-0.39, 0.29) is 5.75 Å². The Hall–Kier alpha value is -3.03. The summed E-state index contributed by atoms with van der Waals surface area (Å²) in [5, 5.41) is 52.9. The molecule has 2 aromatic heterocycles. The number of phenolic OH excluding ortho intramolecular Hbond substituents is 1. The van der Waals surface area contributed by atoms with E-state index in [4.69, 9.17) is 9.47 Å². The Labute approximate surface area is 176 Å². The molecule has 12 heteroatoms. The van der Waals surface area contributed by atoms with Crippen LogP contribution in [0.2, 0.25) is 0 Å². The molecule has 12 nitrogen and oxygen atoms in total. The second-order valence-corrected chi connectivity index (χ2v) is 7.13. The molecule has 0 bridgehead atoms. The van der Waals surface area contributed by atoms with Crippen molar-refractivity contribution in [2.75, 3.05) is 19.0 Å². The van der Waals surface area contributed by atoms with Crippen molar-refractivity contribution in [3.63, 3.8) is 0 Å². The maximum absolute atomic E-state index is 10.4. The van der Waals surface area contributed by atoms with Crippen molar-refractivity contribution >= 4 is 17.0 Å². The van der Waals surface area contributed by atoms with Crippen LogP contribution in [0.4, 0.5) is 5.82 Å². The van der Waals surface area contributed by atoms with Crippen LogP contribution in [0.5, 0.6) is 11.5 Å². The monoisotopic (exact) mass is 433 g/mol. The molecule has 1 aliphatic rings. The Morgan fingerprint density at radius 3 is 2.65 bits per heavy atom. The van der Waals surface area contributed by atoms with Crippen molar-refractivity contribution in [3.8, 4) is 11.5 Å². The van der Waals surface area contributed by atoms with E-state index in [1.807, 2.05) is 0 Å². The molecule has 1 fully saturated rings. The van der Waals surface area contributed by atoms with Crippen molar-refractivity contribution in [2.45, 2.75) is 37.2 Å². The highest BCUT2D eigenvalue weighted by atomic mass is 16.6. The second-order valence-electron chi connectivity index (χ2n) is 7.13. The van der Waals surface area contributed by atoms with E-state index in [1.165, 1.54) is 24.3 Å². The second kappa shape index (κ2) is 8.61. The van der Waals surface area contributed by atoms with E-state index >= 15 is 0 Å². The van der Waals surface area contributed by atoms with E-state index in [0.29, 0.717) is 29.3 Å². The molecule has 0 saturated carbocycles. The van der Waals surface area contributed by atoms with Crippen LogP contribution in [0.15, 0.2) is 30.9 Å². The highest BCUT2D eigenvalue weighted by molar-refractivity contribution is 5.82. The number of benzene rings is 1. The van der Waals surface area contributed by atoms with E-state index < -0.39 is 37.3 Å². The fraction of sp³-hybridized carbons (Fsp3) is 0.421. The average molecular weight is 433 g/mol. The molecule has 0 amide bonds. The molecule has 6 N–H and O–H groups in total. The summed E-state index contributed by atoms with van der Waals surface area (Å²) in [7, 11) is 1.47. The standard InChI is InChI=1S/C19H23N5O7/c1-30-11-3-2-9(4-10(11)26)5-20-17-13-18(22-7-21-17)24(8-23-13)19-16(29)15(28)14(27)12(6-25)31-19/h2-4,7-8,12,14-16,19,25-29H,5-6H2,1H3,(H,20,21,22)/t12-,14-,15+,16-,19?/m1/s1. The molecule has 0 radical (unpaired) electrons. The first-order valence-corrected chi connectivity index (χ1v) is 9.52. The lowest BCUT2D eigenvalue weighted by molar-refractivity contribution is -0.250. The number of rotatable bonds is 6. The highest BCUT2D eigenvalue weighted by Crippen LogP contribution is 2.31. The number of nitrogens with zero attached hydrogens (tertiary/aromatic N) is 4. The third-order valence-corrected chi connectivity index (χ3v) is 5.20. The summed E-state index contributed by atoms with van der Waals surface area (Å²) in [4.78, 5) is 12.7. The van der Waals surface area contributed by atoms with Crippen LogP contribution < -0.4 is 10.1 Å². The lowest BCUT2D eigenvalue weighted by atomic mass is 9.98. The molecule has 1 aromatic carbocycles. The van der Waals surface area contributed by atoms with Gasteiger partial charge in [-0.15, -0.1) is 0 Å². The van der Waals surface area contributed by atoms with Crippen molar-refractivity contribution in [2.24, 2.45) is 0 Å². The van der Waals surface area contributed by atoms with Gasteiger partial charge in [0.2, 0.25) is 0 Å². The van der Waals surface area contributed by atoms with Crippen LogP contribution >= 0.6 is 0 Å². The number of aromatic nitrogens is 4. The summed E-state index contributed by atoms with van der Waals surface area (Å²) in [5.41, 5.74) is 1.48. The summed E-state index contributed by atoms with van der Waals surface area (Å²) >= 11 is 0. The third kappa shape index (κ3) is 3.86. The number of ether oxygens (including phenoxy) is 2. The van der Waals surface area contributed by atoms with Gasteiger partial charge in [0.05, 0.1) is 20.0 Å². The number of anilines is 1. The number of methoxy groups -OCH3 is 1. The number of aliphatic hydroxyl groups is 4. The largest absolute Gasteiger partial charge is 0.504 e. The summed E-state index contributed by atoms with van der Waals surface area (Å²) in [5.74, 6) is 0.789. The van der Waals surface area contributed by atoms with Gasteiger partial charge in [-0.1, -0.05) is 6.07 Å². The van der Waals surface area contributed by atoms with Crippen LogP contribution in [-0.2, 0) is 11.3 Å². The summed E-state index contributed by atoms with van der Waals surface area (Å²) in [6.07, 6.45) is -3.95. The van der Waals surface area contributed by atoms with Crippen LogP contribution in [0.3, 0.4) is 0 Å². The maximum Gasteiger partial charge on any atom is 0.167 e. The van der Waals surface area contributed by atoms with Crippen molar-refractivity contribution < 1.29 is 35.0 Å².